The van der Waals surface area contributed by atoms with E-state index in [0.29, 0.717) is 17.3 Å². The third kappa shape index (κ3) is 5.03. The molecule has 1 N–H and O–H groups in total. The Bertz CT molecular complexity index is 1050. The molecule has 0 atom stereocenters. The minimum absolute atomic E-state index is 0.0961. The van der Waals surface area contributed by atoms with Crippen molar-refractivity contribution >= 4 is 23.7 Å². The minimum Gasteiger partial charge on any atom is -0.497 e. The van der Waals surface area contributed by atoms with Crippen LogP contribution in [0, 0.1) is 20.8 Å². The molecule has 9 heteroatoms. The summed E-state index contributed by atoms with van der Waals surface area (Å²) in [6.07, 6.45) is 1.51. The smallest absolute Gasteiger partial charge is 0.261 e. The number of halogens is 1. The molecule has 1 amide bonds. The van der Waals surface area contributed by atoms with E-state index in [1.165, 1.54) is 6.21 Å². The van der Waals surface area contributed by atoms with Gasteiger partial charge in [0.2, 0.25) is 0 Å². The summed E-state index contributed by atoms with van der Waals surface area (Å²) in [5, 5.41) is 13.2. The first kappa shape index (κ1) is 20.6. The molecule has 0 saturated carbocycles. The van der Waals surface area contributed by atoms with Gasteiger partial charge >= 0.3 is 0 Å². The number of nitrogens with one attached hydrogen (secondary N) is 1. The number of hydrazone groups is 1. The van der Waals surface area contributed by atoms with Crippen LogP contribution in [0.5, 0.6) is 5.75 Å². The number of aromatic nitrogens is 4. The summed E-state index contributed by atoms with van der Waals surface area (Å²) in [5.74, 6) is 0.500. The summed E-state index contributed by atoms with van der Waals surface area (Å²) < 4.78 is 8.56. The molecule has 0 saturated heterocycles. The number of amides is 1. The Morgan fingerprint density at radius 2 is 2.03 bits per heavy atom. The van der Waals surface area contributed by atoms with Crippen LogP contribution >= 0.6 is 11.6 Å². The first-order valence-corrected chi connectivity index (χ1v) is 9.44. The SMILES string of the molecule is COc1cccc(Cn2nc(C)c(C=NNC(=O)Cn3nc(C)cc3C)c2Cl)c1. The molecule has 0 spiro atoms. The van der Waals surface area contributed by atoms with E-state index in [-0.39, 0.29) is 12.5 Å². The van der Waals surface area contributed by atoms with E-state index < -0.39 is 0 Å². The molecule has 0 aliphatic rings. The number of carbonyl (C=O) groups is 1. The molecule has 8 nitrogen and oxygen atoms in total. The van der Waals surface area contributed by atoms with Gasteiger partial charge in [0.15, 0.2) is 0 Å². The molecule has 0 fully saturated rings. The van der Waals surface area contributed by atoms with Crippen molar-refractivity contribution in [2.75, 3.05) is 7.11 Å². The molecule has 2 heterocycles. The van der Waals surface area contributed by atoms with Crippen LogP contribution < -0.4 is 10.2 Å². The average molecular weight is 415 g/mol. The van der Waals surface area contributed by atoms with Gasteiger partial charge in [-0.2, -0.15) is 15.3 Å². The van der Waals surface area contributed by atoms with Gasteiger partial charge in [-0.05, 0) is 44.5 Å². The Balaban J connectivity index is 1.66. The van der Waals surface area contributed by atoms with E-state index >= 15 is 0 Å². The van der Waals surface area contributed by atoms with E-state index in [9.17, 15) is 4.79 Å². The maximum Gasteiger partial charge on any atom is 0.261 e. The Kier molecular flexibility index (Phi) is 6.33. The van der Waals surface area contributed by atoms with Gasteiger partial charge in [0, 0.05) is 5.69 Å². The predicted octanol–water partition coefficient (Wildman–Crippen LogP) is 2.87. The maximum atomic E-state index is 12.1. The van der Waals surface area contributed by atoms with Gasteiger partial charge in [0.05, 0.1) is 36.8 Å². The van der Waals surface area contributed by atoms with Gasteiger partial charge in [-0.1, -0.05) is 23.7 Å². The van der Waals surface area contributed by atoms with Crippen LogP contribution in [-0.4, -0.2) is 38.8 Å². The number of aryl methyl sites for hydroxylation is 3. The Morgan fingerprint density at radius 3 is 2.72 bits per heavy atom. The van der Waals surface area contributed by atoms with Gasteiger partial charge in [-0.25, -0.2) is 10.1 Å². The zero-order chi connectivity index (χ0) is 21.0. The lowest BCUT2D eigenvalue weighted by atomic mass is 10.2. The molecular weight excluding hydrogens is 392 g/mol. The van der Waals surface area contributed by atoms with Crippen LogP contribution in [0.15, 0.2) is 35.4 Å². The second-order valence-electron chi connectivity index (χ2n) is 6.68. The second-order valence-corrected chi connectivity index (χ2v) is 7.04. The zero-order valence-electron chi connectivity index (χ0n) is 16.8. The number of nitrogens with zero attached hydrogens (tertiary/aromatic N) is 5. The van der Waals surface area contributed by atoms with E-state index in [0.717, 1.165) is 28.4 Å². The number of rotatable bonds is 7. The summed E-state index contributed by atoms with van der Waals surface area (Å²) in [6.45, 7) is 6.21. The Morgan fingerprint density at radius 1 is 1.24 bits per heavy atom. The molecular formula is C20H23ClN6O2. The van der Waals surface area contributed by atoms with Crippen molar-refractivity contribution in [1.82, 2.24) is 25.0 Å². The van der Waals surface area contributed by atoms with Crippen LogP contribution in [0.25, 0.3) is 0 Å². The van der Waals surface area contributed by atoms with Crippen molar-refractivity contribution in [2.24, 2.45) is 5.10 Å². The van der Waals surface area contributed by atoms with Crippen molar-refractivity contribution in [3.05, 3.63) is 63.7 Å². The lowest BCUT2D eigenvalue weighted by Gasteiger charge is -2.06. The quantitative estimate of drug-likeness (QED) is 0.475. The first-order chi connectivity index (χ1) is 13.9. The van der Waals surface area contributed by atoms with E-state index in [1.807, 2.05) is 51.1 Å². The van der Waals surface area contributed by atoms with Crippen LogP contribution in [-0.2, 0) is 17.9 Å². The van der Waals surface area contributed by atoms with Crippen molar-refractivity contribution in [3.8, 4) is 5.75 Å². The lowest BCUT2D eigenvalue weighted by molar-refractivity contribution is -0.121. The largest absolute Gasteiger partial charge is 0.497 e. The predicted molar refractivity (Wildman–Crippen MR) is 112 cm³/mol. The minimum atomic E-state index is -0.273. The summed E-state index contributed by atoms with van der Waals surface area (Å²) >= 11 is 6.47. The van der Waals surface area contributed by atoms with Crippen LogP contribution in [0.3, 0.4) is 0 Å². The fourth-order valence-corrected chi connectivity index (χ4v) is 3.22. The molecule has 0 radical (unpaired) electrons. The third-order valence-corrected chi connectivity index (χ3v) is 4.75. The molecule has 0 unspecified atom stereocenters. The first-order valence-electron chi connectivity index (χ1n) is 9.06. The summed E-state index contributed by atoms with van der Waals surface area (Å²) in [6, 6.07) is 9.62. The van der Waals surface area contributed by atoms with Gasteiger partial charge in [0.1, 0.15) is 17.4 Å². The molecule has 0 aliphatic heterocycles. The van der Waals surface area contributed by atoms with Crippen molar-refractivity contribution in [3.63, 3.8) is 0 Å². The highest BCUT2D eigenvalue weighted by atomic mass is 35.5. The van der Waals surface area contributed by atoms with Gasteiger partial charge in [-0.3, -0.25) is 9.48 Å². The number of ether oxygens (including phenoxy) is 1. The van der Waals surface area contributed by atoms with E-state index in [1.54, 1.807) is 16.5 Å². The lowest BCUT2D eigenvalue weighted by Crippen LogP contribution is -2.24. The summed E-state index contributed by atoms with van der Waals surface area (Å²) in [5.41, 5.74) is 6.66. The highest BCUT2D eigenvalue weighted by Crippen LogP contribution is 2.20. The average Bonchev–Trinajstić information content (AvgIpc) is 3.13. The fourth-order valence-electron chi connectivity index (χ4n) is 2.94. The zero-order valence-corrected chi connectivity index (χ0v) is 17.6. The maximum absolute atomic E-state index is 12.1. The highest BCUT2D eigenvalue weighted by Gasteiger charge is 2.13. The standard InChI is InChI=1S/C20H23ClN6O2/c1-13-8-14(2)26(24-13)12-19(28)23-22-10-18-15(3)25-27(20(18)21)11-16-6-5-7-17(9-16)29-4/h5-10H,11-12H2,1-4H3,(H,23,28). The number of methoxy groups -OCH3 is 1. The van der Waals surface area contributed by atoms with E-state index in [2.05, 4.69) is 20.7 Å². The van der Waals surface area contributed by atoms with Gasteiger partial charge < -0.3 is 4.74 Å². The molecule has 3 rings (SSSR count). The van der Waals surface area contributed by atoms with Crippen LogP contribution in [0.2, 0.25) is 5.15 Å². The summed E-state index contributed by atoms with van der Waals surface area (Å²) in [4.78, 5) is 12.1. The summed E-state index contributed by atoms with van der Waals surface area (Å²) in [7, 11) is 1.63. The molecule has 2 aromatic heterocycles. The number of carbonyl (C=O) groups excluding carboxylic acids is 1. The molecule has 29 heavy (non-hydrogen) atoms. The molecule has 3 aromatic rings. The van der Waals surface area contributed by atoms with Gasteiger partial charge in [0.25, 0.3) is 5.91 Å². The second kappa shape index (κ2) is 8.91. The van der Waals surface area contributed by atoms with Gasteiger partial charge in [-0.15, -0.1) is 0 Å². The van der Waals surface area contributed by atoms with E-state index in [4.69, 9.17) is 16.3 Å². The van der Waals surface area contributed by atoms with Crippen molar-refractivity contribution < 1.29 is 9.53 Å². The van der Waals surface area contributed by atoms with Crippen LogP contribution in [0.1, 0.15) is 28.2 Å². The fraction of sp³-hybridized carbons (Fsp3) is 0.300. The molecule has 1 aromatic carbocycles. The van der Waals surface area contributed by atoms with Crippen molar-refractivity contribution in [1.29, 1.82) is 0 Å². The number of benzene rings is 1. The van der Waals surface area contributed by atoms with Crippen molar-refractivity contribution in [2.45, 2.75) is 33.9 Å². The molecule has 0 aliphatic carbocycles. The monoisotopic (exact) mass is 414 g/mol. The van der Waals surface area contributed by atoms with Crippen LogP contribution in [0.4, 0.5) is 0 Å². The number of hydrogen-bond donors (Lipinski definition) is 1. The number of hydrogen-bond acceptors (Lipinski definition) is 5. The normalized spacial score (nSPS) is 11.2. The Hall–Kier alpha value is -3.13. The topological polar surface area (TPSA) is 86.3 Å². The Labute approximate surface area is 174 Å². The highest BCUT2D eigenvalue weighted by molar-refractivity contribution is 6.32. The molecule has 0 bridgehead atoms. The third-order valence-electron chi connectivity index (χ3n) is 4.36. The molecule has 152 valence electrons.